The summed E-state index contributed by atoms with van der Waals surface area (Å²) in [7, 11) is 0. The Labute approximate surface area is 113 Å². The minimum Gasteiger partial charge on any atom is -0.462 e. The summed E-state index contributed by atoms with van der Waals surface area (Å²) in [5, 5.41) is 9.09. The van der Waals surface area contributed by atoms with Crippen molar-refractivity contribution < 1.29 is 9.53 Å². The SMILES string of the molecule is CC(=O)OC(CBr)CCCCCCCCC#N. The van der Waals surface area contributed by atoms with Crippen LogP contribution >= 0.6 is 15.9 Å². The number of alkyl halides is 1. The highest BCUT2D eigenvalue weighted by Crippen LogP contribution is 2.12. The fourth-order valence-corrected chi connectivity index (χ4v) is 2.14. The summed E-state index contributed by atoms with van der Waals surface area (Å²) < 4.78 is 5.14. The molecule has 4 heteroatoms. The van der Waals surface area contributed by atoms with Gasteiger partial charge in [-0.15, -0.1) is 0 Å². The molecular weight excluding hydrogens is 282 g/mol. The molecule has 0 aliphatic heterocycles. The summed E-state index contributed by atoms with van der Waals surface area (Å²) in [6.45, 7) is 1.45. The number of rotatable bonds is 10. The van der Waals surface area contributed by atoms with Crippen LogP contribution in [0.25, 0.3) is 0 Å². The Hall–Kier alpha value is -0.560. The van der Waals surface area contributed by atoms with E-state index in [1.807, 2.05) is 0 Å². The third-order valence-electron chi connectivity index (χ3n) is 2.57. The Balaban J connectivity index is 3.31. The zero-order chi connectivity index (χ0) is 12.9. The summed E-state index contributed by atoms with van der Waals surface area (Å²) in [6, 6.07) is 2.16. The summed E-state index contributed by atoms with van der Waals surface area (Å²) in [4.78, 5) is 10.8. The molecule has 0 saturated carbocycles. The highest BCUT2D eigenvalue weighted by Gasteiger charge is 2.09. The Bertz CT molecular complexity index is 238. The Morgan fingerprint density at radius 3 is 2.35 bits per heavy atom. The normalized spacial score (nSPS) is 11.8. The number of carbonyl (C=O) groups is 1. The molecule has 0 N–H and O–H groups in total. The second-order valence-corrected chi connectivity index (χ2v) is 4.85. The lowest BCUT2D eigenvalue weighted by molar-refractivity contribution is -0.145. The van der Waals surface area contributed by atoms with Crippen molar-refractivity contribution in [1.82, 2.24) is 0 Å². The molecule has 0 amide bonds. The largest absolute Gasteiger partial charge is 0.462 e. The number of hydrogen-bond donors (Lipinski definition) is 0. The van der Waals surface area contributed by atoms with Crippen LogP contribution in [0.1, 0.15) is 58.3 Å². The third-order valence-corrected chi connectivity index (χ3v) is 3.29. The molecule has 0 rings (SSSR count). The fraction of sp³-hybridized carbons (Fsp3) is 0.846. The van der Waals surface area contributed by atoms with E-state index in [2.05, 4.69) is 22.0 Å². The number of unbranched alkanes of at least 4 members (excludes halogenated alkanes) is 6. The minimum absolute atomic E-state index is 0.0195. The van der Waals surface area contributed by atoms with Crippen molar-refractivity contribution in [3.8, 4) is 6.07 Å². The van der Waals surface area contributed by atoms with Gasteiger partial charge in [0.05, 0.1) is 6.07 Å². The molecule has 1 atom stereocenters. The van der Waals surface area contributed by atoms with Crippen LogP contribution in [-0.4, -0.2) is 17.4 Å². The van der Waals surface area contributed by atoms with E-state index < -0.39 is 0 Å². The highest BCUT2D eigenvalue weighted by molar-refractivity contribution is 9.09. The van der Waals surface area contributed by atoms with Gasteiger partial charge in [-0.1, -0.05) is 41.6 Å². The number of nitriles is 1. The fourth-order valence-electron chi connectivity index (χ4n) is 1.69. The van der Waals surface area contributed by atoms with Crippen LogP contribution in [0.3, 0.4) is 0 Å². The lowest BCUT2D eigenvalue weighted by Crippen LogP contribution is -2.17. The van der Waals surface area contributed by atoms with Crippen LogP contribution in [0, 0.1) is 11.3 Å². The van der Waals surface area contributed by atoms with Crippen LogP contribution in [-0.2, 0) is 9.53 Å². The molecular formula is C13H22BrNO2. The van der Waals surface area contributed by atoms with Gasteiger partial charge in [-0.2, -0.15) is 5.26 Å². The maximum Gasteiger partial charge on any atom is 0.302 e. The summed E-state index contributed by atoms with van der Waals surface area (Å²) in [6.07, 6.45) is 8.49. The van der Waals surface area contributed by atoms with Crippen LogP contribution < -0.4 is 0 Å². The molecule has 0 bridgehead atoms. The van der Waals surface area contributed by atoms with Crippen molar-refractivity contribution in [1.29, 1.82) is 5.26 Å². The van der Waals surface area contributed by atoms with E-state index in [-0.39, 0.29) is 12.1 Å². The number of ether oxygens (including phenoxy) is 1. The quantitative estimate of drug-likeness (QED) is 0.349. The molecule has 0 aliphatic rings. The van der Waals surface area contributed by atoms with E-state index in [4.69, 9.17) is 10.00 Å². The molecule has 0 spiro atoms. The summed E-state index contributed by atoms with van der Waals surface area (Å²) in [5.74, 6) is -0.203. The van der Waals surface area contributed by atoms with Crippen molar-refractivity contribution >= 4 is 21.9 Å². The third kappa shape index (κ3) is 11.7. The lowest BCUT2D eigenvalue weighted by atomic mass is 10.1. The van der Waals surface area contributed by atoms with Crippen molar-refractivity contribution in [2.75, 3.05) is 5.33 Å². The van der Waals surface area contributed by atoms with Gasteiger partial charge >= 0.3 is 5.97 Å². The average Bonchev–Trinajstić information content (AvgIpc) is 2.30. The minimum atomic E-state index is -0.203. The van der Waals surface area contributed by atoms with Crippen LogP contribution in [0.4, 0.5) is 0 Å². The zero-order valence-electron chi connectivity index (χ0n) is 10.6. The lowest BCUT2D eigenvalue weighted by Gasteiger charge is -2.13. The number of hydrogen-bond acceptors (Lipinski definition) is 3. The van der Waals surface area contributed by atoms with E-state index >= 15 is 0 Å². The number of carbonyl (C=O) groups excluding carboxylic acids is 1. The van der Waals surface area contributed by atoms with Crippen molar-refractivity contribution in [3.05, 3.63) is 0 Å². The van der Waals surface area contributed by atoms with Gasteiger partial charge in [0, 0.05) is 18.7 Å². The van der Waals surface area contributed by atoms with Crippen molar-refractivity contribution in [2.45, 2.75) is 64.4 Å². The van der Waals surface area contributed by atoms with E-state index in [1.54, 1.807) is 0 Å². The smallest absolute Gasteiger partial charge is 0.302 e. The number of nitrogens with zero attached hydrogens (tertiary/aromatic N) is 1. The van der Waals surface area contributed by atoms with Crippen molar-refractivity contribution in [3.63, 3.8) is 0 Å². The van der Waals surface area contributed by atoms with E-state index in [1.165, 1.54) is 26.2 Å². The van der Waals surface area contributed by atoms with Crippen LogP contribution in [0.5, 0.6) is 0 Å². The summed E-state index contributed by atoms with van der Waals surface area (Å²) in [5.41, 5.74) is 0. The van der Waals surface area contributed by atoms with Crippen LogP contribution in [0.15, 0.2) is 0 Å². The second-order valence-electron chi connectivity index (χ2n) is 4.20. The number of halogens is 1. The van der Waals surface area contributed by atoms with Gasteiger partial charge in [0.1, 0.15) is 6.10 Å². The predicted octanol–water partition coefficient (Wildman–Crippen LogP) is 3.96. The number of esters is 1. The van der Waals surface area contributed by atoms with E-state index in [0.29, 0.717) is 6.42 Å². The average molecular weight is 304 g/mol. The maximum atomic E-state index is 10.8. The summed E-state index contributed by atoms with van der Waals surface area (Å²) >= 11 is 3.35. The molecule has 98 valence electrons. The molecule has 0 aliphatic carbocycles. The molecule has 0 heterocycles. The first-order valence-corrected chi connectivity index (χ1v) is 7.43. The van der Waals surface area contributed by atoms with Gasteiger partial charge in [0.2, 0.25) is 0 Å². The molecule has 0 aromatic rings. The molecule has 3 nitrogen and oxygen atoms in total. The molecule has 0 fully saturated rings. The molecule has 0 aromatic carbocycles. The standard InChI is InChI=1S/C13H22BrNO2/c1-12(16)17-13(11-14)9-7-5-3-2-4-6-8-10-15/h13H,2-9,11H2,1H3. The van der Waals surface area contributed by atoms with Gasteiger partial charge in [-0.3, -0.25) is 4.79 Å². The molecule has 17 heavy (non-hydrogen) atoms. The zero-order valence-corrected chi connectivity index (χ0v) is 12.2. The monoisotopic (exact) mass is 303 g/mol. The molecule has 0 saturated heterocycles. The molecule has 0 aromatic heterocycles. The van der Waals surface area contributed by atoms with Gasteiger partial charge in [-0.05, 0) is 19.3 Å². The van der Waals surface area contributed by atoms with Crippen molar-refractivity contribution in [2.24, 2.45) is 0 Å². The Morgan fingerprint density at radius 1 is 1.24 bits per heavy atom. The first kappa shape index (κ1) is 16.4. The van der Waals surface area contributed by atoms with Gasteiger partial charge < -0.3 is 4.74 Å². The molecule has 1 unspecified atom stereocenters. The first-order valence-electron chi connectivity index (χ1n) is 6.30. The second kappa shape index (κ2) is 11.9. The van der Waals surface area contributed by atoms with Crippen LogP contribution in [0.2, 0.25) is 0 Å². The molecule has 0 radical (unpaired) electrons. The van der Waals surface area contributed by atoms with E-state index in [0.717, 1.165) is 31.0 Å². The Kier molecular flexibility index (Phi) is 11.5. The van der Waals surface area contributed by atoms with Gasteiger partial charge in [-0.25, -0.2) is 0 Å². The maximum absolute atomic E-state index is 10.8. The first-order chi connectivity index (χ1) is 8.20. The Morgan fingerprint density at radius 2 is 1.82 bits per heavy atom. The topological polar surface area (TPSA) is 50.1 Å². The predicted molar refractivity (Wildman–Crippen MR) is 71.9 cm³/mol. The van der Waals surface area contributed by atoms with Gasteiger partial charge in [0.15, 0.2) is 0 Å². The highest BCUT2D eigenvalue weighted by atomic mass is 79.9. The van der Waals surface area contributed by atoms with Gasteiger partial charge in [0.25, 0.3) is 0 Å². The van der Waals surface area contributed by atoms with E-state index in [9.17, 15) is 4.79 Å².